The van der Waals surface area contributed by atoms with Crippen molar-refractivity contribution in [2.75, 3.05) is 17.2 Å². The summed E-state index contributed by atoms with van der Waals surface area (Å²) in [7, 11) is 0. The van der Waals surface area contributed by atoms with E-state index in [9.17, 15) is 9.18 Å². The van der Waals surface area contributed by atoms with Crippen LogP contribution in [0.4, 0.5) is 15.3 Å². The average Bonchev–Trinajstić information content (AvgIpc) is 3.51. The van der Waals surface area contributed by atoms with Gasteiger partial charge in [-0.25, -0.2) is 9.37 Å². The van der Waals surface area contributed by atoms with Crippen LogP contribution in [-0.4, -0.2) is 45.1 Å². The molecule has 5 unspecified atom stereocenters. The molecule has 2 aromatic heterocycles. The molecule has 4 N–H and O–H groups in total. The molecular weight excluding hydrogens is 477 g/mol. The molecule has 1 aliphatic heterocycles. The van der Waals surface area contributed by atoms with Crippen LogP contribution in [0.3, 0.4) is 0 Å². The van der Waals surface area contributed by atoms with Gasteiger partial charge in [-0.2, -0.15) is 0 Å². The number of carbonyl (C=O) groups excluding carboxylic acids is 1. The summed E-state index contributed by atoms with van der Waals surface area (Å²) in [6.07, 6.45) is 3.63. The van der Waals surface area contributed by atoms with Gasteiger partial charge in [0.15, 0.2) is 0 Å². The number of benzene rings is 1. The molecule has 3 heterocycles. The lowest BCUT2D eigenvalue weighted by atomic mass is 9.82. The van der Waals surface area contributed by atoms with E-state index < -0.39 is 5.92 Å². The average molecular weight is 502 g/mol. The summed E-state index contributed by atoms with van der Waals surface area (Å²) in [4.78, 5) is 16.9. The molecule has 1 aromatic carbocycles. The number of rotatable bonds is 6. The highest BCUT2D eigenvalue weighted by molar-refractivity contribution is 7.18. The Morgan fingerprint density at radius 1 is 1.24 bits per heavy atom. The Hall–Kier alpha value is -2.66. The van der Waals surface area contributed by atoms with Crippen LogP contribution >= 0.6 is 22.9 Å². The zero-order valence-corrected chi connectivity index (χ0v) is 20.0. The SMILES string of the molecule is CC(C(=O)Nc1cc(-c2nnc(NC3CCC4NNCC4C3Cl)s2)ccn1)c1ccc(F)cc1. The summed E-state index contributed by atoms with van der Waals surface area (Å²) >= 11 is 8.19. The van der Waals surface area contributed by atoms with Crippen LogP contribution in [0.15, 0.2) is 42.6 Å². The van der Waals surface area contributed by atoms with Crippen molar-refractivity contribution < 1.29 is 9.18 Å². The molecule has 34 heavy (non-hydrogen) atoms. The molecule has 0 radical (unpaired) electrons. The van der Waals surface area contributed by atoms with Crippen molar-refractivity contribution >= 4 is 39.8 Å². The third-order valence-electron chi connectivity index (χ3n) is 6.48. The highest BCUT2D eigenvalue weighted by Gasteiger charge is 2.41. The van der Waals surface area contributed by atoms with Crippen LogP contribution in [0.2, 0.25) is 0 Å². The lowest BCUT2D eigenvalue weighted by Crippen LogP contribution is -2.47. The minimum atomic E-state index is -0.452. The maximum atomic E-state index is 13.2. The van der Waals surface area contributed by atoms with Gasteiger partial charge in [0.25, 0.3) is 0 Å². The van der Waals surface area contributed by atoms with E-state index in [0.717, 1.165) is 40.7 Å². The van der Waals surface area contributed by atoms with Crippen molar-refractivity contribution in [1.82, 2.24) is 26.0 Å². The fourth-order valence-electron chi connectivity index (χ4n) is 4.47. The molecule has 0 bridgehead atoms. The second-order valence-electron chi connectivity index (χ2n) is 8.67. The molecule has 1 amide bonds. The van der Waals surface area contributed by atoms with E-state index in [2.05, 4.69) is 36.7 Å². The van der Waals surface area contributed by atoms with Gasteiger partial charge in [0.2, 0.25) is 11.0 Å². The number of pyridine rings is 1. The van der Waals surface area contributed by atoms with Crippen LogP contribution in [0.25, 0.3) is 10.6 Å². The molecule has 1 aliphatic carbocycles. The molecule has 178 valence electrons. The molecule has 1 saturated carbocycles. The van der Waals surface area contributed by atoms with Gasteiger partial charge < -0.3 is 10.6 Å². The van der Waals surface area contributed by atoms with Crippen molar-refractivity contribution in [2.45, 2.75) is 43.1 Å². The second kappa shape index (κ2) is 9.91. The molecule has 11 heteroatoms. The highest BCUT2D eigenvalue weighted by atomic mass is 35.5. The predicted molar refractivity (Wildman–Crippen MR) is 131 cm³/mol. The number of nitrogens with one attached hydrogen (secondary N) is 4. The number of nitrogens with zero attached hydrogens (tertiary/aromatic N) is 3. The van der Waals surface area contributed by atoms with Gasteiger partial charge in [0.1, 0.15) is 16.6 Å². The van der Waals surface area contributed by atoms with Gasteiger partial charge in [-0.1, -0.05) is 23.5 Å². The molecule has 5 rings (SSSR count). The first kappa shape index (κ1) is 23.1. The molecular formula is C23H25ClFN7OS. The Labute approximate surface area is 205 Å². The molecule has 0 spiro atoms. The van der Waals surface area contributed by atoms with E-state index in [1.807, 2.05) is 6.07 Å². The summed E-state index contributed by atoms with van der Waals surface area (Å²) in [5.41, 5.74) is 8.03. The lowest BCUT2D eigenvalue weighted by Gasteiger charge is -2.35. The standard InChI is InChI=1S/C23H25ClFN7OS/c1-12(13-2-4-15(25)5-3-13)21(33)29-19-10-14(8-9-26-19)22-31-32-23(34-22)28-18-7-6-17-16(20(18)24)11-27-30-17/h2-5,8-10,12,16-18,20,27,30H,6-7,11H2,1H3,(H,28,32)(H,26,29,33). The van der Waals surface area contributed by atoms with E-state index in [1.54, 1.807) is 31.3 Å². The second-order valence-corrected chi connectivity index (χ2v) is 10.2. The molecule has 3 aromatic rings. The minimum Gasteiger partial charge on any atom is -0.356 e. The van der Waals surface area contributed by atoms with Crippen LogP contribution in [0, 0.1) is 11.7 Å². The quantitative estimate of drug-likeness (QED) is 0.381. The molecule has 2 aliphatic rings. The number of hydrazine groups is 1. The van der Waals surface area contributed by atoms with Crippen molar-refractivity contribution in [3.63, 3.8) is 0 Å². The van der Waals surface area contributed by atoms with E-state index in [1.165, 1.54) is 23.5 Å². The summed E-state index contributed by atoms with van der Waals surface area (Å²) in [6.45, 7) is 2.63. The van der Waals surface area contributed by atoms with Gasteiger partial charge in [-0.3, -0.25) is 15.6 Å². The maximum absolute atomic E-state index is 13.2. The Kier molecular flexibility index (Phi) is 6.73. The van der Waals surface area contributed by atoms with Crippen molar-refractivity contribution in [3.05, 3.63) is 54.0 Å². The van der Waals surface area contributed by atoms with E-state index in [-0.39, 0.29) is 23.1 Å². The lowest BCUT2D eigenvalue weighted by molar-refractivity contribution is -0.117. The van der Waals surface area contributed by atoms with E-state index in [0.29, 0.717) is 17.8 Å². The van der Waals surface area contributed by atoms with Crippen LogP contribution in [0.5, 0.6) is 0 Å². The van der Waals surface area contributed by atoms with E-state index in [4.69, 9.17) is 11.6 Å². The smallest absolute Gasteiger partial charge is 0.232 e. The summed E-state index contributed by atoms with van der Waals surface area (Å²) in [5, 5.41) is 16.3. The van der Waals surface area contributed by atoms with Gasteiger partial charge in [0, 0.05) is 36.3 Å². The summed E-state index contributed by atoms with van der Waals surface area (Å²) in [6, 6.07) is 10.1. The zero-order chi connectivity index (χ0) is 23.7. The van der Waals surface area contributed by atoms with E-state index >= 15 is 0 Å². The topological polar surface area (TPSA) is 104 Å². The fourth-order valence-corrected chi connectivity index (χ4v) is 5.73. The highest BCUT2D eigenvalue weighted by Crippen LogP contribution is 2.34. The van der Waals surface area contributed by atoms with Gasteiger partial charge in [0.05, 0.1) is 11.3 Å². The zero-order valence-electron chi connectivity index (χ0n) is 18.5. The first-order chi connectivity index (χ1) is 16.5. The largest absolute Gasteiger partial charge is 0.356 e. The molecule has 8 nitrogen and oxygen atoms in total. The molecule has 5 atom stereocenters. The number of hydrogen-bond acceptors (Lipinski definition) is 8. The van der Waals surface area contributed by atoms with Crippen LogP contribution < -0.4 is 21.5 Å². The fraction of sp³-hybridized carbons (Fsp3) is 0.391. The van der Waals surface area contributed by atoms with Crippen LogP contribution in [0.1, 0.15) is 31.2 Å². The van der Waals surface area contributed by atoms with Gasteiger partial charge >= 0.3 is 0 Å². The Morgan fingerprint density at radius 2 is 2.06 bits per heavy atom. The minimum absolute atomic E-state index is 0.000521. The number of amides is 1. The predicted octanol–water partition coefficient (Wildman–Crippen LogP) is 3.76. The Balaban J connectivity index is 1.24. The van der Waals surface area contributed by atoms with Gasteiger partial charge in [-0.05, 0) is 49.6 Å². The maximum Gasteiger partial charge on any atom is 0.232 e. The number of carbonyl (C=O) groups is 1. The first-order valence-electron chi connectivity index (χ1n) is 11.2. The number of aromatic nitrogens is 3. The molecule has 1 saturated heterocycles. The number of hydrogen-bond donors (Lipinski definition) is 4. The summed E-state index contributed by atoms with van der Waals surface area (Å²) < 4.78 is 13.2. The number of fused-ring (bicyclic) bond motifs is 1. The molecule has 2 fully saturated rings. The van der Waals surface area contributed by atoms with Crippen LogP contribution in [-0.2, 0) is 4.79 Å². The van der Waals surface area contributed by atoms with Crippen molar-refractivity contribution in [3.8, 4) is 10.6 Å². The number of halogens is 2. The normalized spacial score (nSPS) is 24.9. The first-order valence-corrected chi connectivity index (χ1v) is 12.5. The third kappa shape index (κ3) is 4.90. The monoisotopic (exact) mass is 501 g/mol. The Morgan fingerprint density at radius 3 is 2.88 bits per heavy atom. The summed E-state index contributed by atoms with van der Waals surface area (Å²) in [5.74, 6) is -0.216. The number of alkyl halides is 1. The Bertz CT molecular complexity index is 1160. The van der Waals surface area contributed by atoms with Crippen molar-refractivity contribution in [1.29, 1.82) is 0 Å². The number of anilines is 2. The van der Waals surface area contributed by atoms with Gasteiger partial charge in [-0.15, -0.1) is 21.8 Å². The van der Waals surface area contributed by atoms with Crippen molar-refractivity contribution in [2.24, 2.45) is 5.92 Å². The third-order valence-corrected chi connectivity index (χ3v) is 8.01.